The number of benzene rings is 4. The predicted molar refractivity (Wildman–Crippen MR) is 99.8 cm³/mol. The monoisotopic (exact) mass is 314 g/mol. The molecule has 0 bridgehead atoms. The summed E-state index contributed by atoms with van der Waals surface area (Å²) in [5.74, 6) is 0. The van der Waals surface area contributed by atoms with Gasteiger partial charge < -0.3 is 0 Å². The minimum atomic E-state index is 0.765. The summed E-state index contributed by atoms with van der Waals surface area (Å²) in [6, 6.07) is 31.6. The molecule has 4 aromatic rings. The Bertz CT molecular complexity index is 968. The van der Waals surface area contributed by atoms with E-state index in [1.165, 1.54) is 27.5 Å². The van der Waals surface area contributed by atoms with Crippen LogP contribution >= 0.6 is 11.6 Å². The second kappa shape index (κ2) is 5.91. The number of halogens is 1. The fourth-order valence-electron chi connectivity index (χ4n) is 2.89. The maximum absolute atomic E-state index is 6.08. The molecule has 0 amide bonds. The Morgan fingerprint density at radius 1 is 0.435 bits per heavy atom. The van der Waals surface area contributed by atoms with Crippen molar-refractivity contribution in [3.8, 4) is 22.3 Å². The normalized spacial score (nSPS) is 10.8. The summed E-state index contributed by atoms with van der Waals surface area (Å²) in [7, 11) is 0. The molecule has 0 aliphatic heterocycles. The van der Waals surface area contributed by atoms with E-state index in [1.54, 1.807) is 0 Å². The summed E-state index contributed by atoms with van der Waals surface area (Å²) in [5, 5.41) is 3.30. The van der Waals surface area contributed by atoms with Crippen molar-refractivity contribution in [3.63, 3.8) is 0 Å². The summed E-state index contributed by atoms with van der Waals surface area (Å²) < 4.78 is 0. The van der Waals surface area contributed by atoms with Crippen LogP contribution in [0.5, 0.6) is 0 Å². The molecule has 4 aromatic carbocycles. The molecule has 0 N–H and O–H groups in total. The van der Waals surface area contributed by atoms with Gasteiger partial charge in [-0.2, -0.15) is 0 Å². The van der Waals surface area contributed by atoms with Crippen LogP contribution < -0.4 is 0 Å². The third kappa shape index (κ3) is 2.86. The SMILES string of the molecule is Clc1cccc(-c2ccc(-c3ccc4ccccc4c3)cc2)c1. The van der Waals surface area contributed by atoms with Crippen molar-refractivity contribution in [2.24, 2.45) is 0 Å². The van der Waals surface area contributed by atoms with Gasteiger partial charge in [0.2, 0.25) is 0 Å². The molecule has 0 aliphatic rings. The molecule has 110 valence electrons. The highest BCUT2D eigenvalue weighted by Gasteiger charge is 2.02. The average Bonchev–Trinajstić information content (AvgIpc) is 2.61. The molecule has 4 rings (SSSR count). The first kappa shape index (κ1) is 14.0. The maximum atomic E-state index is 6.08. The summed E-state index contributed by atoms with van der Waals surface area (Å²) in [6.45, 7) is 0. The topological polar surface area (TPSA) is 0 Å². The van der Waals surface area contributed by atoms with E-state index >= 15 is 0 Å². The largest absolute Gasteiger partial charge is 0.0843 e. The van der Waals surface area contributed by atoms with Crippen LogP contribution in [0.15, 0.2) is 91.0 Å². The molecule has 1 heteroatoms. The fraction of sp³-hybridized carbons (Fsp3) is 0. The smallest absolute Gasteiger partial charge is 0.0412 e. The van der Waals surface area contributed by atoms with Gasteiger partial charge in [0.05, 0.1) is 0 Å². The minimum absolute atomic E-state index is 0.765. The lowest BCUT2D eigenvalue weighted by Crippen LogP contribution is -1.81. The predicted octanol–water partition coefficient (Wildman–Crippen LogP) is 6.83. The maximum Gasteiger partial charge on any atom is 0.0412 e. The van der Waals surface area contributed by atoms with Gasteiger partial charge in [-0.05, 0) is 51.2 Å². The summed E-state index contributed by atoms with van der Waals surface area (Å²) in [5.41, 5.74) is 4.78. The average molecular weight is 315 g/mol. The Labute approximate surface area is 141 Å². The molecule has 0 aliphatic carbocycles. The van der Waals surface area contributed by atoms with Crippen LogP contribution in [0.2, 0.25) is 5.02 Å². The first-order chi connectivity index (χ1) is 11.3. The first-order valence-corrected chi connectivity index (χ1v) is 8.03. The van der Waals surface area contributed by atoms with Gasteiger partial charge in [0.15, 0.2) is 0 Å². The summed E-state index contributed by atoms with van der Waals surface area (Å²) >= 11 is 6.08. The van der Waals surface area contributed by atoms with E-state index in [0.29, 0.717) is 0 Å². The van der Waals surface area contributed by atoms with Crippen molar-refractivity contribution in [1.29, 1.82) is 0 Å². The van der Waals surface area contributed by atoms with E-state index in [4.69, 9.17) is 11.6 Å². The molecule has 0 fully saturated rings. The zero-order valence-electron chi connectivity index (χ0n) is 12.5. The Hall–Kier alpha value is -2.57. The third-order valence-corrected chi connectivity index (χ3v) is 4.36. The Morgan fingerprint density at radius 2 is 1.04 bits per heavy atom. The van der Waals surface area contributed by atoms with E-state index in [-0.39, 0.29) is 0 Å². The molecule has 0 nitrogen and oxygen atoms in total. The Balaban J connectivity index is 1.72. The van der Waals surface area contributed by atoms with Crippen LogP contribution in [0, 0.1) is 0 Å². The molecule has 0 saturated carbocycles. The standard InChI is InChI=1S/C22H15Cl/c23-22-7-3-6-20(15-22)17-8-10-18(11-9-17)21-13-12-16-4-1-2-5-19(16)14-21/h1-15H. The zero-order valence-corrected chi connectivity index (χ0v) is 13.3. The van der Waals surface area contributed by atoms with Gasteiger partial charge in [-0.25, -0.2) is 0 Å². The van der Waals surface area contributed by atoms with E-state index in [1.807, 2.05) is 18.2 Å². The molecule has 0 atom stereocenters. The van der Waals surface area contributed by atoms with Crippen molar-refractivity contribution in [2.75, 3.05) is 0 Å². The van der Waals surface area contributed by atoms with Crippen LogP contribution in [-0.2, 0) is 0 Å². The molecule has 23 heavy (non-hydrogen) atoms. The van der Waals surface area contributed by atoms with Crippen molar-refractivity contribution in [2.45, 2.75) is 0 Å². The van der Waals surface area contributed by atoms with Gasteiger partial charge >= 0.3 is 0 Å². The van der Waals surface area contributed by atoms with Gasteiger partial charge in [0.25, 0.3) is 0 Å². The zero-order chi connectivity index (χ0) is 15.6. The quantitative estimate of drug-likeness (QED) is 0.380. The lowest BCUT2D eigenvalue weighted by molar-refractivity contribution is 1.60. The highest BCUT2D eigenvalue weighted by atomic mass is 35.5. The molecular formula is C22H15Cl. The van der Waals surface area contributed by atoms with E-state index in [2.05, 4.69) is 72.8 Å². The Morgan fingerprint density at radius 3 is 1.74 bits per heavy atom. The van der Waals surface area contributed by atoms with Crippen molar-refractivity contribution >= 4 is 22.4 Å². The first-order valence-electron chi connectivity index (χ1n) is 7.65. The number of rotatable bonds is 2. The lowest BCUT2D eigenvalue weighted by atomic mass is 9.98. The highest BCUT2D eigenvalue weighted by Crippen LogP contribution is 2.28. The molecule has 0 heterocycles. The van der Waals surface area contributed by atoms with Gasteiger partial charge in [-0.1, -0.05) is 84.4 Å². The van der Waals surface area contributed by atoms with Crippen molar-refractivity contribution in [1.82, 2.24) is 0 Å². The van der Waals surface area contributed by atoms with Gasteiger partial charge in [0, 0.05) is 5.02 Å². The number of fused-ring (bicyclic) bond motifs is 1. The van der Waals surface area contributed by atoms with E-state index in [9.17, 15) is 0 Å². The van der Waals surface area contributed by atoms with Crippen LogP contribution in [0.25, 0.3) is 33.0 Å². The van der Waals surface area contributed by atoms with Crippen LogP contribution in [0.4, 0.5) is 0 Å². The van der Waals surface area contributed by atoms with E-state index < -0.39 is 0 Å². The van der Waals surface area contributed by atoms with Crippen molar-refractivity contribution in [3.05, 3.63) is 96.0 Å². The fourth-order valence-corrected chi connectivity index (χ4v) is 3.08. The van der Waals surface area contributed by atoms with Gasteiger partial charge in [-0.3, -0.25) is 0 Å². The molecule has 0 saturated heterocycles. The second-order valence-electron chi connectivity index (χ2n) is 5.65. The van der Waals surface area contributed by atoms with Crippen molar-refractivity contribution < 1.29 is 0 Å². The summed E-state index contributed by atoms with van der Waals surface area (Å²) in [6.07, 6.45) is 0. The van der Waals surface area contributed by atoms with Crippen LogP contribution in [0.3, 0.4) is 0 Å². The molecule has 0 unspecified atom stereocenters. The molecule has 0 radical (unpaired) electrons. The second-order valence-corrected chi connectivity index (χ2v) is 6.09. The lowest BCUT2D eigenvalue weighted by Gasteiger charge is -2.07. The van der Waals surface area contributed by atoms with Crippen LogP contribution in [0.1, 0.15) is 0 Å². The minimum Gasteiger partial charge on any atom is -0.0843 e. The highest BCUT2D eigenvalue weighted by molar-refractivity contribution is 6.30. The van der Waals surface area contributed by atoms with Gasteiger partial charge in [-0.15, -0.1) is 0 Å². The molecule has 0 spiro atoms. The van der Waals surface area contributed by atoms with Crippen LogP contribution in [-0.4, -0.2) is 0 Å². The Kier molecular flexibility index (Phi) is 3.61. The molecular weight excluding hydrogens is 300 g/mol. The number of hydrogen-bond acceptors (Lipinski definition) is 0. The van der Waals surface area contributed by atoms with E-state index in [0.717, 1.165) is 10.6 Å². The van der Waals surface area contributed by atoms with Gasteiger partial charge in [0.1, 0.15) is 0 Å². The number of hydrogen-bond donors (Lipinski definition) is 0. The molecule has 0 aromatic heterocycles. The summed E-state index contributed by atoms with van der Waals surface area (Å²) in [4.78, 5) is 0. The third-order valence-electron chi connectivity index (χ3n) is 4.13.